The lowest BCUT2D eigenvalue weighted by molar-refractivity contribution is -0.150. The van der Waals surface area contributed by atoms with Gasteiger partial charge in [0.15, 0.2) is 0 Å². The van der Waals surface area contributed by atoms with Gasteiger partial charge in [0, 0.05) is 31.9 Å². The second-order valence-electron chi connectivity index (χ2n) is 11.9. The van der Waals surface area contributed by atoms with Crippen LogP contribution in [-0.2, 0) is 25.7 Å². The molecule has 1 unspecified atom stereocenters. The van der Waals surface area contributed by atoms with Gasteiger partial charge in [-0.3, -0.25) is 14.4 Å². The molecule has 8 nitrogen and oxygen atoms in total. The Balaban J connectivity index is 1.31. The molecule has 1 spiro atoms. The first-order valence-electron chi connectivity index (χ1n) is 15.0. The molecule has 4 aliphatic heterocycles. The summed E-state index contributed by atoms with van der Waals surface area (Å²) in [7, 11) is 0. The van der Waals surface area contributed by atoms with Gasteiger partial charge in [-0.05, 0) is 34.9 Å². The Kier molecular flexibility index (Phi) is 6.71. The molecular weight excluding hydrogens is 542 g/mol. The SMILES string of the molecule is CC[C@]12C=CCN(Cc3ccccc3)C(=O)[C@H]1[C@H]1C(=O)N(CCO)C3C(=O)N(c4ccc5ccccc5c4)CC=C[C@@]31O2. The molecular formula is C35H35N3O5. The zero-order valence-corrected chi connectivity index (χ0v) is 24.1. The quantitative estimate of drug-likeness (QED) is 0.452. The molecule has 220 valence electrons. The minimum atomic E-state index is -1.36. The number of likely N-dealkylation sites (tertiary alicyclic amines) is 1. The molecule has 2 saturated heterocycles. The maximum Gasteiger partial charge on any atom is 0.253 e. The second kappa shape index (κ2) is 10.5. The molecule has 8 heteroatoms. The highest BCUT2D eigenvalue weighted by Crippen LogP contribution is 2.58. The van der Waals surface area contributed by atoms with Crippen molar-refractivity contribution in [1.29, 1.82) is 0 Å². The topological polar surface area (TPSA) is 90.4 Å². The lowest BCUT2D eigenvalue weighted by Crippen LogP contribution is -2.56. The van der Waals surface area contributed by atoms with Gasteiger partial charge in [0.2, 0.25) is 11.8 Å². The summed E-state index contributed by atoms with van der Waals surface area (Å²) in [5.41, 5.74) is -0.691. The van der Waals surface area contributed by atoms with E-state index in [1.165, 1.54) is 4.90 Å². The van der Waals surface area contributed by atoms with Crippen LogP contribution in [0.5, 0.6) is 0 Å². The van der Waals surface area contributed by atoms with Gasteiger partial charge in [-0.25, -0.2) is 0 Å². The Morgan fingerprint density at radius 1 is 0.837 bits per heavy atom. The lowest BCUT2D eigenvalue weighted by Gasteiger charge is -2.38. The van der Waals surface area contributed by atoms with Gasteiger partial charge >= 0.3 is 0 Å². The fraction of sp³-hybridized carbons (Fsp3) is 0.343. The third-order valence-corrected chi connectivity index (χ3v) is 9.63. The molecule has 4 heterocycles. The number of benzene rings is 3. The molecule has 2 fully saturated rings. The summed E-state index contributed by atoms with van der Waals surface area (Å²) >= 11 is 0. The summed E-state index contributed by atoms with van der Waals surface area (Å²) in [5, 5.41) is 12.1. The number of β-amino-alcohol motifs (C(OH)–C–C–N with tert-alkyl or cyclic N) is 1. The Labute approximate surface area is 250 Å². The van der Waals surface area contributed by atoms with Crippen LogP contribution < -0.4 is 4.90 Å². The van der Waals surface area contributed by atoms with Crippen LogP contribution in [-0.4, -0.2) is 76.1 Å². The van der Waals surface area contributed by atoms with Crippen molar-refractivity contribution in [2.24, 2.45) is 11.8 Å². The monoisotopic (exact) mass is 577 g/mol. The summed E-state index contributed by atoms with van der Waals surface area (Å²) in [6, 6.07) is 22.6. The molecule has 0 aromatic heterocycles. The number of anilines is 1. The first-order chi connectivity index (χ1) is 20.9. The maximum absolute atomic E-state index is 14.6. The number of carbonyl (C=O) groups excluding carboxylic acids is 3. The first kappa shape index (κ1) is 27.6. The summed E-state index contributed by atoms with van der Waals surface area (Å²) in [6.45, 7) is 2.72. The van der Waals surface area contributed by atoms with Gasteiger partial charge in [0.25, 0.3) is 5.91 Å². The predicted molar refractivity (Wildman–Crippen MR) is 163 cm³/mol. The van der Waals surface area contributed by atoms with E-state index in [0.717, 1.165) is 16.3 Å². The highest BCUT2D eigenvalue weighted by atomic mass is 16.5. The standard InChI is InChI=1S/C35H35N3O5/c1-2-34-16-8-18-36(23-24-10-4-3-5-11-24)31(40)28(34)29-32(41)38(20-21-39)30-33(42)37(19-9-17-35(29,30)43-34)27-15-14-25-12-6-7-13-26(25)22-27/h3-17,22,28-30,39H,2,18-21,23H2,1H3/t28-,29+,30?,34+,35+/m1/s1. The van der Waals surface area contributed by atoms with E-state index in [-0.39, 0.29) is 30.9 Å². The van der Waals surface area contributed by atoms with Crippen molar-refractivity contribution in [3.8, 4) is 0 Å². The highest BCUT2D eigenvalue weighted by Gasteiger charge is 2.75. The van der Waals surface area contributed by atoms with E-state index in [1.54, 1.807) is 9.80 Å². The Morgan fingerprint density at radius 2 is 1.58 bits per heavy atom. The number of fused-ring (bicyclic) bond motifs is 3. The number of rotatable bonds is 6. The molecule has 0 aliphatic carbocycles. The van der Waals surface area contributed by atoms with Crippen LogP contribution >= 0.6 is 0 Å². The average molecular weight is 578 g/mol. The number of ether oxygens (including phenoxy) is 1. The summed E-state index contributed by atoms with van der Waals surface area (Å²) < 4.78 is 7.01. The summed E-state index contributed by atoms with van der Waals surface area (Å²) in [4.78, 5) is 48.3. The number of hydrogen-bond donors (Lipinski definition) is 1. The number of aliphatic hydroxyl groups excluding tert-OH is 1. The molecule has 0 bridgehead atoms. The number of aliphatic hydroxyl groups is 1. The van der Waals surface area contributed by atoms with Crippen molar-refractivity contribution in [3.05, 3.63) is 103 Å². The van der Waals surface area contributed by atoms with E-state index < -0.39 is 29.1 Å². The van der Waals surface area contributed by atoms with Crippen LogP contribution in [0.3, 0.4) is 0 Å². The number of nitrogens with zero attached hydrogens (tertiary/aromatic N) is 3. The van der Waals surface area contributed by atoms with Crippen molar-refractivity contribution >= 4 is 34.2 Å². The Bertz CT molecular complexity index is 1650. The van der Waals surface area contributed by atoms with Crippen molar-refractivity contribution in [1.82, 2.24) is 9.80 Å². The third-order valence-electron chi connectivity index (χ3n) is 9.63. The van der Waals surface area contributed by atoms with Gasteiger partial charge in [0.05, 0.1) is 24.0 Å². The van der Waals surface area contributed by atoms with Crippen LogP contribution in [0.4, 0.5) is 5.69 Å². The lowest BCUT2D eigenvalue weighted by atomic mass is 9.73. The van der Waals surface area contributed by atoms with E-state index >= 15 is 0 Å². The molecule has 5 atom stereocenters. The van der Waals surface area contributed by atoms with Crippen molar-refractivity contribution < 1.29 is 24.2 Å². The van der Waals surface area contributed by atoms with E-state index in [2.05, 4.69) is 0 Å². The molecule has 3 aromatic carbocycles. The summed E-state index contributed by atoms with van der Waals surface area (Å²) in [5.74, 6) is -2.50. The zero-order valence-electron chi connectivity index (χ0n) is 24.1. The molecule has 3 aromatic rings. The molecule has 0 saturated carbocycles. The van der Waals surface area contributed by atoms with Crippen LogP contribution in [0.1, 0.15) is 18.9 Å². The van der Waals surface area contributed by atoms with Gasteiger partial charge in [0.1, 0.15) is 11.6 Å². The Morgan fingerprint density at radius 3 is 2.35 bits per heavy atom. The smallest absolute Gasteiger partial charge is 0.253 e. The van der Waals surface area contributed by atoms with Gasteiger partial charge in [-0.15, -0.1) is 0 Å². The van der Waals surface area contributed by atoms with Crippen LogP contribution in [0.25, 0.3) is 10.8 Å². The zero-order chi connectivity index (χ0) is 29.8. The van der Waals surface area contributed by atoms with E-state index in [1.807, 2.05) is 104 Å². The third kappa shape index (κ3) is 4.15. The van der Waals surface area contributed by atoms with Crippen molar-refractivity contribution in [2.75, 3.05) is 31.1 Å². The minimum absolute atomic E-state index is 0.0279. The normalized spacial score (nSPS) is 30.0. The number of amides is 3. The predicted octanol–water partition coefficient (Wildman–Crippen LogP) is 3.69. The number of carbonyl (C=O) groups is 3. The van der Waals surface area contributed by atoms with Crippen molar-refractivity contribution in [2.45, 2.75) is 37.1 Å². The van der Waals surface area contributed by atoms with Crippen LogP contribution in [0, 0.1) is 11.8 Å². The van der Waals surface area contributed by atoms with E-state index in [0.29, 0.717) is 31.7 Å². The van der Waals surface area contributed by atoms with Gasteiger partial charge < -0.3 is 24.5 Å². The molecule has 0 radical (unpaired) electrons. The van der Waals surface area contributed by atoms with E-state index in [9.17, 15) is 19.5 Å². The van der Waals surface area contributed by atoms with Gasteiger partial charge in [-0.1, -0.05) is 91.9 Å². The van der Waals surface area contributed by atoms with Crippen LogP contribution in [0.15, 0.2) is 97.1 Å². The second-order valence-corrected chi connectivity index (χ2v) is 11.9. The molecule has 1 N–H and O–H groups in total. The van der Waals surface area contributed by atoms with E-state index in [4.69, 9.17) is 4.74 Å². The van der Waals surface area contributed by atoms with Crippen molar-refractivity contribution in [3.63, 3.8) is 0 Å². The van der Waals surface area contributed by atoms with Gasteiger partial charge in [-0.2, -0.15) is 0 Å². The number of hydrogen-bond acceptors (Lipinski definition) is 5. The molecule has 43 heavy (non-hydrogen) atoms. The fourth-order valence-electron chi connectivity index (χ4n) is 7.68. The fourth-order valence-corrected chi connectivity index (χ4v) is 7.68. The first-order valence-corrected chi connectivity index (χ1v) is 15.0. The maximum atomic E-state index is 14.6. The minimum Gasteiger partial charge on any atom is -0.395 e. The molecule has 4 aliphatic rings. The average Bonchev–Trinajstić information content (AvgIpc) is 3.31. The highest BCUT2D eigenvalue weighted by molar-refractivity contribution is 6.06. The molecule has 3 amide bonds. The Hall–Kier alpha value is -4.27. The molecule has 7 rings (SSSR count). The van der Waals surface area contributed by atoms with Crippen LogP contribution in [0.2, 0.25) is 0 Å². The largest absolute Gasteiger partial charge is 0.395 e. The summed E-state index contributed by atoms with van der Waals surface area (Å²) in [6.07, 6.45) is 8.11.